The molecule has 0 aliphatic carbocycles. The molecule has 0 fully saturated rings. The first kappa shape index (κ1) is 24.2. The van der Waals surface area contributed by atoms with E-state index in [4.69, 9.17) is 43.1 Å². The fraction of sp³-hybridized carbons (Fsp3) is 0.632. The fourth-order valence-corrected chi connectivity index (χ4v) is 3.73. The molecule has 0 aliphatic heterocycles. The van der Waals surface area contributed by atoms with Gasteiger partial charge >= 0.3 is 5.97 Å². The van der Waals surface area contributed by atoms with Gasteiger partial charge in [-0.05, 0) is 32.0 Å². The SMILES string of the molecule is CCOC(=O)C[C@H](c1c(OCOCC[Si](C)(C)C)ccc(Cl)c1Cl)[C@H](C)N. The van der Waals surface area contributed by atoms with Gasteiger partial charge in [0, 0.05) is 32.2 Å². The minimum Gasteiger partial charge on any atom is -0.467 e. The van der Waals surface area contributed by atoms with Crippen LogP contribution in [-0.4, -0.2) is 40.1 Å². The van der Waals surface area contributed by atoms with Gasteiger partial charge in [-0.1, -0.05) is 42.8 Å². The number of hydrogen-bond acceptors (Lipinski definition) is 5. The van der Waals surface area contributed by atoms with Crippen LogP contribution in [0.5, 0.6) is 5.75 Å². The van der Waals surface area contributed by atoms with Crippen LogP contribution in [-0.2, 0) is 14.3 Å². The van der Waals surface area contributed by atoms with Gasteiger partial charge < -0.3 is 19.9 Å². The maximum atomic E-state index is 12.0. The van der Waals surface area contributed by atoms with Gasteiger partial charge in [0.15, 0.2) is 6.79 Å². The molecule has 0 bridgehead atoms. The highest BCUT2D eigenvalue weighted by atomic mass is 35.5. The van der Waals surface area contributed by atoms with Crippen LogP contribution in [0.3, 0.4) is 0 Å². The molecule has 0 heterocycles. The Kier molecular flexibility index (Phi) is 10.1. The van der Waals surface area contributed by atoms with Crippen LogP contribution in [0.4, 0.5) is 0 Å². The third-order valence-electron chi connectivity index (χ3n) is 4.08. The van der Waals surface area contributed by atoms with Gasteiger partial charge in [0.05, 0.1) is 23.1 Å². The zero-order valence-electron chi connectivity index (χ0n) is 16.8. The van der Waals surface area contributed by atoms with Gasteiger partial charge in [-0.15, -0.1) is 0 Å². The number of carbonyl (C=O) groups excluding carboxylic acids is 1. The molecular formula is C19H31Cl2NO4Si. The number of hydrogen-bond donors (Lipinski definition) is 1. The van der Waals surface area contributed by atoms with Crippen molar-refractivity contribution >= 4 is 37.2 Å². The first-order valence-electron chi connectivity index (χ1n) is 9.16. The Bertz CT molecular complexity index is 620. The van der Waals surface area contributed by atoms with Crippen LogP contribution >= 0.6 is 23.2 Å². The molecule has 154 valence electrons. The van der Waals surface area contributed by atoms with Crippen molar-refractivity contribution in [3.8, 4) is 5.75 Å². The second-order valence-corrected chi connectivity index (χ2v) is 14.1. The van der Waals surface area contributed by atoms with E-state index in [-0.39, 0.29) is 31.1 Å². The third kappa shape index (κ3) is 8.40. The minimum atomic E-state index is -1.16. The van der Waals surface area contributed by atoms with Crippen molar-refractivity contribution in [3.63, 3.8) is 0 Å². The molecule has 0 saturated carbocycles. The molecule has 5 nitrogen and oxygen atoms in total. The van der Waals surface area contributed by atoms with Gasteiger partial charge in [-0.25, -0.2) is 0 Å². The monoisotopic (exact) mass is 435 g/mol. The maximum absolute atomic E-state index is 12.0. The summed E-state index contributed by atoms with van der Waals surface area (Å²) < 4.78 is 16.5. The Hall–Kier alpha value is -0.793. The lowest BCUT2D eigenvalue weighted by molar-refractivity contribution is -0.143. The highest BCUT2D eigenvalue weighted by Gasteiger charge is 2.28. The molecule has 0 saturated heterocycles. The lowest BCUT2D eigenvalue weighted by atomic mass is 9.89. The lowest BCUT2D eigenvalue weighted by Gasteiger charge is -2.25. The topological polar surface area (TPSA) is 70.8 Å². The summed E-state index contributed by atoms with van der Waals surface area (Å²) in [5.74, 6) is -0.204. The van der Waals surface area contributed by atoms with E-state index in [0.29, 0.717) is 34.6 Å². The minimum absolute atomic E-state index is 0.0956. The predicted molar refractivity (Wildman–Crippen MR) is 114 cm³/mol. The van der Waals surface area contributed by atoms with Crippen LogP contribution in [0.2, 0.25) is 35.7 Å². The summed E-state index contributed by atoms with van der Waals surface area (Å²) in [6.45, 7) is 11.5. The Morgan fingerprint density at radius 3 is 2.48 bits per heavy atom. The van der Waals surface area contributed by atoms with Gasteiger partial charge in [-0.3, -0.25) is 4.79 Å². The molecule has 0 aliphatic rings. The van der Waals surface area contributed by atoms with E-state index in [0.717, 1.165) is 6.04 Å². The van der Waals surface area contributed by atoms with Crippen LogP contribution in [0.1, 0.15) is 31.7 Å². The number of benzene rings is 1. The average Bonchev–Trinajstić information content (AvgIpc) is 2.55. The van der Waals surface area contributed by atoms with Gasteiger partial charge in [0.25, 0.3) is 0 Å². The molecule has 1 rings (SSSR count). The van der Waals surface area contributed by atoms with Gasteiger partial charge in [-0.2, -0.15) is 0 Å². The van der Waals surface area contributed by atoms with E-state index in [1.54, 1.807) is 19.1 Å². The summed E-state index contributed by atoms with van der Waals surface area (Å²) in [5.41, 5.74) is 6.75. The third-order valence-corrected chi connectivity index (χ3v) is 6.61. The Morgan fingerprint density at radius 1 is 1.26 bits per heavy atom. The summed E-state index contributed by atoms with van der Waals surface area (Å²) >= 11 is 12.6. The second kappa shape index (κ2) is 11.3. The summed E-state index contributed by atoms with van der Waals surface area (Å²) in [6.07, 6.45) is 0.0956. The predicted octanol–water partition coefficient (Wildman–Crippen LogP) is 5.07. The summed E-state index contributed by atoms with van der Waals surface area (Å²) in [6, 6.07) is 4.09. The molecule has 2 atom stereocenters. The van der Waals surface area contributed by atoms with Crippen LogP contribution in [0.25, 0.3) is 0 Å². The molecule has 0 amide bonds. The van der Waals surface area contributed by atoms with Crippen molar-refractivity contribution in [2.45, 2.75) is 57.9 Å². The molecular weight excluding hydrogens is 405 g/mol. The molecule has 0 spiro atoms. The molecule has 8 heteroatoms. The number of carbonyl (C=O) groups is 1. The second-order valence-electron chi connectivity index (χ2n) is 7.73. The molecule has 1 aromatic rings. The normalized spacial score (nSPS) is 13.9. The Balaban J connectivity index is 2.95. The molecule has 1 aromatic carbocycles. The van der Waals surface area contributed by atoms with E-state index in [9.17, 15) is 4.79 Å². The number of halogens is 2. The number of ether oxygens (including phenoxy) is 3. The smallest absolute Gasteiger partial charge is 0.306 e. The quantitative estimate of drug-likeness (QED) is 0.227. The molecule has 27 heavy (non-hydrogen) atoms. The van der Waals surface area contributed by atoms with E-state index >= 15 is 0 Å². The molecule has 2 N–H and O–H groups in total. The van der Waals surface area contributed by atoms with E-state index in [2.05, 4.69) is 19.6 Å². The highest BCUT2D eigenvalue weighted by molar-refractivity contribution is 6.76. The lowest BCUT2D eigenvalue weighted by Crippen LogP contribution is -2.28. The maximum Gasteiger partial charge on any atom is 0.306 e. The zero-order chi connectivity index (χ0) is 20.6. The standard InChI is InChI=1S/C19H31Cl2NO4Si/c1-6-25-17(23)11-14(13(2)22)18-16(8-7-15(20)19(18)21)26-12-24-9-10-27(3,4)5/h7-8,13-14H,6,9-12,22H2,1-5H3/t13-,14-/m0/s1. The van der Waals surface area contributed by atoms with Crippen molar-refractivity contribution in [1.82, 2.24) is 0 Å². The summed E-state index contributed by atoms with van der Waals surface area (Å²) in [4.78, 5) is 12.0. The highest BCUT2D eigenvalue weighted by Crippen LogP contribution is 2.40. The van der Waals surface area contributed by atoms with Crippen LogP contribution < -0.4 is 10.5 Å². The van der Waals surface area contributed by atoms with Crippen LogP contribution in [0.15, 0.2) is 12.1 Å². The number of rotatable bonds is 11. The Labute approximate surface area is 173 Å². The molecule has 0 aromatic heterocycles. The number of nitrogens with two attached hydrogens (primary N) is 1. The molecule has 0 unspecified atom stereocenters. The first-order chi connectivity index (χ1) is 12.6. The van der Waals surface area contributed by atoms with Crippen LogP contribution in [0, 0.1) is 0 Å². The molecule has 0 radical (unpaired) electrons. The van der Waals surface area contributed by atoms with Crippen molar-refractivity contribution in [2.24, 2.45) is 5.73 Å². The van der Waals surface area contributed by atoms with E-state index in [1.807, 2.05) is 6.92 Å². The van der Waals surface area contributed by atoms with Crippen molar-refractivity contribution in [2.75, 3.05) is 20.0 Å². The Morgan fingerprint density at radius 2 is 1.93 bits per heavy atom. The van der Waals surface area contributed by atoms with Crippen molar-refractivity contribution in [3.05, 3.63) is 27.7 Å². The summed E-state index contributed by atoms with van der Waals surface area (Å²) in [5, 5.41) is 0.719. The zero-order valence-corrected chi connectivity index (χ0v) is 19.3. The van der Waals surface area contributed by atoms with Crippen molar-refractivity contribution in [1.29, 1.82) is 0 Å². The van der Waals surface area contributed by atoms with E-state index < -0.39 is 8.07 Å². The van der Waals surface area contributed by atoms with Gasteiger partial charge in [0.1, 0.15) is 5.75 Å². The van der Waals surface area contributed by atoms with Crippen molar-refractivity contribution < 1.29 is 19.0 Å². The number of esters is 1. The largest absolute Gasteiger partial charge is 0.467 e. The first-order valence-corrected chi connectivity index (χ1v) is 13.6. The fourth-order valence-electron chi connectivity index (χ4n) is 2.51. The summed E-state index contributed by atoms with van der Waals surface area (Å²) in [7, 11) is -1.16. The van der Waals surface area contributed by atoms with E-state index in [1.165, 1.54) is 0 Å². The van der Waals surface area contributed by atoms with Gasteiger partial charge in [0.2, 0.25) is 0 Å². The average molecular weight is 436 g/mol.